The summed E-state index contributed by atoms with van der Waals surface area (Å²) in [5.41, 5.74) is 2.12. The van der Waals surface area contributed by atoms with Crippen molar-refractivity contribution in [2.45, 2.75) is 27.0 Å². The van der Waals surface area contributed by atoms with Crippen LogP contribution in [0.2, 0.25) is 0 Å². The third-order valence-corrected chi connectivity index (χ3v) is 2.78. The molecule has 0 amide bonds. The minimum Gasteiger partial charge on any atom is -0.496 e. The molecule has 0 aliphatic rings. The minimum atomic E-state index is 0.421. The van der Waals surface area contributed by atoms with Crippen LogP contribution in [0.1, 0.15) is 23.9 Å². The van der Waals surface area contributed by atoms with Crippen LogP contribution in [0.3, 0.4) is 0 Å². The maximum Gasteiger partial charge on any atom is 0.321 e. The summed E-state index contributed by atoms with van der Waals surface area (Å²) in [4.78, 5) is 4.09. The van der Waals surface area contributed by atoms with Gasteiger partial charge in [-0.2, -0.15) is 4.98 Å². The first-order valence-corrected chi connectivity index (χ1v) is 6.50. The highest BCUT2D eigenvalue weighted by Gasteiger charge is 2.06. The number of methoxy groups -OCH3 is 1. The molecule has 1 N–H and O–H groups in total. The van der Waals surface area contributed by atoms with Crippen molar-refractivity contribution in [3.05, 3.63) is 35.2 Å². The maximum atomic E-state index is 5.44. The van der Waals surface area contributed by atoms with Crippen LogP contribution in [0.25, 0.3) is 0 Å². The number of ether oxygens (including phenoxy) is 2. The smallest absolute Gasteiger partial charge is 0.321 e. The third-order valence-electron chi connectivity index (χ3n) is 2.78. The lowest BCUT2D eigenvalue weighted by molar-refractivity contribution is 0.132. The Morgan fingerprint density at radius 1 is 1.35 bits per heavy atom. The van der Waals surface area contributed by atoms with Gasteiger partial charge in [-0.15, -0.1) is 0 Å². The molecule has 1 aromatic carbocycles. The molecule has 0 radical (unpaired) electrons. The Bertz CT molecular complexity index is 554. The first kappa shape index (κ1) is 14.3. The van der Waals surface area contributed by atoms with Crippen molar-refractivity contribution in [2.24, 2.45) is 0 Å². The molecular weight excluding hydrogens is 258 g/mol. The fourth-order valence-corrected chi connectivity index (χ4v) is 1.81. The van der Waals surface area contributed by atoms with Crippen LogP contribution in [-0.4, -0.2) is 23.9 Å². The molecule has 0 bridgehead atoms. The number of anilines is 1. The Hall–Kier alpha value is -2.08. The van der Waals surface area contributed by atoms with Crippen molar-refractivity contribution < 1.29 is 14.0 Å². The second-order valence-electron chi connectivity index (χ2n) is 4.28. The maximum absolute atomic E-state index is 5.44. The lowest BCUT2D eigenvalue weighted by Crippen LogP contribution is -2.02. The molecule has 6 heteroatoms. The van der Waals surface area contributed by atoms with Crippen LogP contribution in [0.5, 0.6) is 5.75 Å². The van der Waals surface area contributed by atoms with Crippen LogP contribution >= 0.6 is 0 Å². The minimum absolute atomic E-state index is 0.421. The molecular formula is C14H19N3O3. The third kappa shape index (κ3) is 3.71. The van der Waals surface area contributed by atoms with E-state index in [1.807, 2.05) is 25.1 Å². The molecule has 6 nitrogen and oxygen atoms in total. The van der Waals surface area contributed by atoms with E-state index in [0.29, 0.717) is 31.6 Å². The van der Waals surface area contributed by atoms with Crippen molar-refractivity contribution in [3.63, 3.8) is 0 Å². The van der Waals surface area contributed by atoms with Crippen LogP contribution in [0.15, 0.2) is 22.7 Å². The van der Waals surface area contributed by atoms with Crippen molar-refractivity contribution in [1.82, 2.24) is 10.1 Å². The van der Waals surface area contributed by atoms with E-state index in [-0.39, 0.29) is 0 Å². The zero-order chi connectivity index (χ0) is 14.4. The van der Waals surface area contributed by atoms with Gasteiger partial charge < -0.3 is 19.3 Å². The van der Waals surface area contributed by atoms with Gasteiger partial charge in [-0.1, -0.05) is 11.2 Å². The van der Waals surface area contributed by atoms with Crippen LogP contribution in [0, 0.1) is 6.92 Å². The van der Waals surface area contributed by atoms with Crippen LogP contribution < -0.4 is 10.1 Å². The van der Waals surface area contributed by atoms with Crippen molar-refractivity contribution in [2.75, 3.05) is 19.0 Å². The van der Waals surface area contributed by atoms with Gasteiger partial charge >= 0.3 is 6.01 Å². The molecule has 0 unspecified atom stereocenters. The Balaban J connectivity index is 2.03. The molecule has 1 heterocycles. The van der Waals surface area contributed by atoms with E-state index in [2.05, 4.69) is 15.5 Å². The number of aromatic nitrogens is 2. The highest BCUT2D eigenvalue weighted by atomic mass is 16.5. The number of nitrogens with zero attached hydrogens (tertiary/aromatic N) is 2. The van der Waals surface area contributed by atoms with Crippen LogP contribution in [0.4, 0.5) is 6.01 Å². The molecule has 108 valence electrons. The average Bonchev–Trinajstić information content (AvgIpc) is 2.88. The number of hydrogen-bond acceptors (Lipinski definition) is 6. The normalized spacial score (nSPS) is 10.6. The quantitative estimate of drug-likeness (QED) is 0.838. The number of benzene rings is 1. The van der Waals surface area contributed by atoms with Gasteiger partial charge in [-0.25, -0.2) is 0 Å². The largest absolute Gasteiger partial charge is 0.496 e. The summed E-state index contributed by atoms with van der Waals surface area (Å²) in [5, 5.41) is 6.81. The Morgan fingerprint density at radius 3 is 2.85 bits per heavy atom. The Labute approximate surface area is 118 Å². The fraction of sp³-hybridized carbons (Fsp3) is 0.429. The lowest BCUT2D eigenvalue weighted by Gasteiger charge is -2.11. The zero-order valence-corrected chi connectivity index (χ0v) is 12.0. The summed E-state index contributed by atoms with van der Waals surface area (Å²) < 4.78 is 15.8. The van der Waals surface area contributed by atoms with E-state index >= 15 is 0 Å². The number of aryl methyl sites for hydroxylation is 1. The van der Waals surface area contributed by atoms with Gasteiger partial charge in [0, 0.05) is 18.7 Å². The molecule has 0 atom stereocenters. The molecule has 0 saturated heterocycles. The summed E-state index contributed by atoms with van der Waals surface area (Å²) in [6, 6.07) is 6.39. The predicted octanol–water partition coefficient (Wildman–Crippen LogP) is 2.54. The van der Waals surface area contributed by atoms with Gasteiger partial charge in [0.1, 0.15) is 5.75 Å². The molecule has 0 fully saturated rings. The second-order valence-corrected chi connectivity index (χ2v) is 4.28. The van der Waals surface area contributed by atoms with Crippen molar-refractivity contribution in [1.29, 1.82) is 0 Å². The van der Waals surface area contributed by atoms with E-state index in [1.54, 1.807) is 14.0 Å². The SMILES string of the molecule is CCOCc1cc(CNc2nc(C)no2)ccc1OC. The lowest BCUT2D eigenvalue weighted by atomic mass is 10.1. The molecule has 1 aromatic heterocycles. The van der Waals surface area contributed by atoms with E-state index in [4.69, 9.17) is 14.0 Å². The topological polar surface area (TPSA) is 69.4 Å². The fourth-order valence-electron chi connectivity index (χ4n) is 1.81. The highest BCUT2D eigenvalue weighted by Crippen LogP contribution is 2.21. The van der Waals surface area contributed by atoms with Crippen LogP contribution in [-0.2, 0) is 17.9 Å². The van der Waals surface area contributed by atoms with Gasteiger partial charge in [0.2, 0.25) is 0 Å². The summed E-state index contributed by atoms with van der Waals surface area (Å²) in [6.45, 7) is 5.56. The first-order chi connectivity index (χ1) is 9.72. The number of rotatable bonds is 7. The first-order valence-electron chi connectivity index (χ1n) is 6.50. The highest BCUT2D eigenvalue weighted by molar-refractivity contribution is 5.38. The average molecular weight is 277 g/mol. The predicted molar refractivity (Wildman–Crippen MR) is 74.7 cm³/mol. The zero-order valence-electron chi connectivity index (χ0n) is 12.0. The summed E-state index contributed by atoms with van der Waals surface area (Å²) >= 11 is 0. The molecule has 0 aliphatic carbocycles. The second kappa shape index (κ2) is 6.91. The van der Waals surface area contributed by atoms with E-state index < -0.39 is 0 Å². The van der Waals surface area contributed by atoms with Gasteiger partial charge in [0.25, 0.3) is 0 Å². The summed E-state index contributed by atoms with van der Waals surface area (Å²) in [6.07, 6.45) is 0. The number of nitrogens with one attached hydrogen (secondary N) is 1. The van der Waals surface area contributed by atoms with E-state index in [9.17, 15) is 0 Å². The van der Waals surface area contributed by atoms with Gasteiger partial charge in [0.15, 0.2) is 5.82 Å². The van der Waals surface area contributed by atoms with E-state index in [1.165, 1.54) is 0 Å². The molecule has 0 aliphatic heterocycles. The van der Waals surface area contributed by atoms with E-state index in [0.717, 1.165) is 16.9 Å². The Kier molecular flexibility index (Phi) is 4.95. The summed E-state index contributed by atoms with van der Waals surface area (Å²) in [7, 11) is 1.66. The molecule has 2 aromatic rings. The molecule has 0 saturated carbocycles. The standard InChI is InChI=1S/C14H19N3O3/c1-4-19-9-12-7-11(5-6-13(12)18-3)8-15-14-16-10(2)17-20-14/h5-7H,4,8-9H2,1-3H3,(H,15,16,17). The van der Waals surface area contributed by atoms with Crippen molar-refractivity contribution in [3.8, 4) is 5.75 Å². The van der Waals surface area contributed by atoms with Crippen molar-refractivity contribution >= 4 is 6.01 Å². The van der Waals surface area contributed by atoms with Gasteiger partial charge in [-0.3, -0.25) is 0 Å². The monoisotopic (exact) mass is 277 g/mol. The number of hydrogen-bond donors (Lipinski definition) is 1. The molecule has 2 rings (SSSR count). The summed E-state index contributed by atoms with van der Waals surface area (Å²) in [5.74, 6) is 1.44. The van der Waals surface area contributed by atoms with Gasteiger partial charge in [0.05, 0.1) is 13.7 Å². The molecule has 20 heavy (non-hydrogen) atoms. The Morgan fingerprint density at radius 2 is 2.20 bits per heavy atom. The van der Waals surface area contributed by atoms with Gasteiger partial charge in [-0.05, 0) is 31.5 Å². The molecule has 0 spiro atoms.